The van der Waals surface area contributed by atoms with Crippen LogP contribution in [0.5, 0.6) is 5.75 Å². The van der Waals surface area contributed by atoms with Gasteiger partial charge in [0.05, 0.1) is 17.8 Å². The Labute approximate surface area is 124 Å². The molecule has 0 saturated heterocycles. The number of hydrogen-bond acceptors (Lipinski definition) is 3. The van der Waals surface area contributed by atoms with Gasteiger partial charge >= 0.3 is 0 Å². The van der Waals surface area contributed by atoms with E-state index < -0.39 is 9.84 Å². The fourth-order valence-electron chi connectivity index (χ4n) is 1.68. The first-order valence-electron chi connectivity index (χ1n) is 6.13. The van der Waals surface area contributed by atoms with Crippen molar-refractivity contribution in [1.82, 2.24) is 0 Å². The summed E-state index contributed by atoms with van der Waals surface area (Å²) >= 11 is 3.42. The third-order valence-electron chi connectivity index (χ3n) is 3.23. The van der Waals surface area contributed by atoms with Crippen molar-refractivity contribution in [2.24, 2.45) is 11.3 Å². The van der Waals surface area contributed by atoms with E-state index in [2.05, 4.69) is 36.7 Å². The minimum atomic E-state index is -3.30. The molecule has 3 nitrogen and oxygen atoms in total. The van der Waals surface area contributed by atoms with Crippen molar-refractivity contribution in [3.8, 4) is 5.75 Å². The van der Waals surface area contributed by atoms with Gasteiger partial charge in [-0.2, -0.15) is 0 Å². The molecule has 1 aromatic rings. The van der Waals surface area contributed by atoms with E-state index in [-0.39, 0.29) is 17.1 Å². The van der Waals surface area contributed by atoms with E-state index in [1.54, 1.807) is 24.3 Å². The van der Waals surface area contributed by atoms with Crippen LogP contribution >= 0.6 is 15.9 Å². The number of rotatable bonds is 5. The van der Waals surface area contributed by atoms with Crippen molar-refractivity contribution in [2.45, 2.75) is 25.7 Å². The lowest BCUT2D eigenvalue weighted by molar-refractivity contribution is 0.291. The van der Waals surface area contributed by atoms with Crippen LogP contribution in [0.4, 0.5) is 0 Å². The summed E-state index contributed by atoms with van der Waals surface area (Å²) in [6, 6.07) is 6.63. The quantitative estimate of drug-likeness (QED) is 0.764. The van der Waals surface area contributed by atoms with Crippen molar-refractivity contribution >= 4 is 25.8 Å². The summed E-state index contributed by atoms with van der Waals surface area (Å²) in [6.45, 7) is 6.17. The monoisotopic (exact) mass is 348 g/mol. The first kappa shape index (κ1) is 16.5. The SMILES string of the molecule is COc1cccc(S(=O)(=O)CC(CBr)C(C)(C)C)c1. The zero-order valence-electron chi connectivity index (χ0n) is 11.8. The standard InChI is InChI=1S/C14H21BrO3S/c1-14(2,3)11(9-15)10-19(16,17)13-7-5-6-12(8-13)18-4/h5-8,11H,9-10H2,1-4H3. The van der Waals surface area contributed by atoms with Crippen LogP contribution in [-0.4, -0.2) is 26.6 Å². The Kier molecular flexibility index (Phi) is 5.44. The third-order valence-corrected chi connectivity index (χ3v) is 5.83. The molecule has 0 spiro atoms. The van der Waals surface area contributed by atoms with Gasteiger partial charge in [-0.25, -0.2) is 8.42 Å². The summed E-state index contributed by atoms with van der Waals surface area (Å²) in [4.78, 5) is 0.321. The second-order valence-electron chi connectivity index (χ2n) is 5.68. The highest BCUT2D eigenvalue weighted by Gasteiger charge is 2.29. The largest absolute Gasteiger partial charge is 0.497 e. The molecule has 1 unspecified atom stereocenters. The second-order valence-corrected chi connectivity index (χ2v) is 8.36. The minimum absolute atomic E-state index is 0.0590. The van der Waals surface area contributed by atoms with Crippen LogP contribution in [0.3, 0.4) is 0 Å². The number of sulfone groups is 1. The van der Waals surface area contributed by atoms with Crippen molar-refractivity contribution in [3.63, 3.8) is 0 Å². The molecule has 0 bridgehead atoms. The van der Waals surface area contributed by atoms with Crippen molar-refractivity contribution in [2.75, 3.05) is 18.2 Å². The van der Waals surface area contributed by atoms with Gasteiger partial charge in [0.1, 0.15) is 5.75 Å². The molecular formula is C14H21BrO3S. The minimum Gasteiger partial charge on any atom is -0.497 e. The molecule has 0 aromatic heterocycles. The number of benzene rings is 1. The van der Waals surface area contributed by atoms with Gasteiger partial charge in [0, 0.05) is 5.33 Å². The van der Waals surface area contributed by atoms with Gasteiger partial charge in [-0.3, -0.25) is 0 Å². The molecule has 0 N–H and O–H groups in total. The van der Waals surface area contributed by atoms with Crippen LogP contribution in [0.1, 0.15) is 20.8 Å². The molecule has 0 saturated carbocycles. The number of methoxy groups -OCH3 is 1. The molecule has 0 aliphatic rings. The highest BCUT2D eigenvalue weighted by atomic mass is 79.9. The molecular weight excluding hydrogens is 328 g/mol. The number of alkyl halides is 1. The maximum atomic E-state index is 12.4. The van der Waals surface area contributed by atoms with Gasteiger partial charge in [0.25, 0.3) is 0 Å². The first-order chi connectivity index (χ1) is 8.70. The Morgan fingerprint density at radius 1 is 1.32 bits per heavy atom. The van der Waals surface area contributed by atoms with Crippen molar-refractivity contribution in [3.05, 3.63) is 24.3 Å². The molecule has 0 heterocycles. The Morgan fingerprint density at radius 2 is 1.95 bits per heavy atom. The van der Waals surface area contributed by atoms with E-state index >= 15 is 0 Å². The molecule has 0 amide bonds. The van der Waals surface area contributed by atoms with Crippen LogP contribution in [0.15, 0.2) is 29.2 Å². The van der Waals surface area contributed by atoms with Gasteiger partial charge in [0.15, 0.2) is 9.84 Å². The molecule has 5 heteroatoms. The zero-order valence-corrected chi connectivity index (χ0v) is 14.2. The van der Waals surface area contributed by atoms with Gasteiger partial charge in [0.2, 0.25) is 0 Å². The first-order valence-corrected chi connectivity index (χ1v) is 8.91. The Balaban J connectivity index is 3.03. The predicted octanol–water partition coefficient (Wildman–Crippen LogP) is 3.53. The molecule has 0 radical (unpaired) electrons. The number of hydrogen-bond donors (Lipinski definition) is 0. The van der Waals surface area contributed by atoms with E-state index in [9.17, 15) is 8.42 Å². The van der Waals surface area contributed by atoms with Crippen LogP contribution < -0.4 is 4.74 Å². The fraction of sp³-hybridized carbons (Fsp3) is 0.571. The highest BCUT2D eigenvalue weighted by molar-refractivity contribution is 9.09. The van der Waals surface area contributed by atoms with Gasteiger partial charge < -0.3 is 4.74 Å². The Hall–Kier alpha value is -0.550. The summed E-state index contributed by atoms with van der Waals surface area (Å²) in [7, 11) is -1.77. The number of ether oxygens (including phenoxy) is 1. The predicted molar refractivity (Wildman–Crippen MR) is 81.8 cm³/mol. The lowest BCUT2D eigenvalue weighted by Crippen LogP contribution is -2.29. The van der Waals surface area contributed by atoms with Crippen LogP contribution in [0.2, 0.25) is 0 Å². The molecule has 19 heavy (non-hydrogen) atoms. The van der Waals surface area contributed by atoms with Crippen LogP contribution in [0, 0.1) is 11.3 Å². The van der Waals surface area contributed by atoms with E-state index in [0.717, 1.165) is 0 Å². The highest BCUT2D eigenvalue weighted by Crippen LogP contribution is 2.31. The van der Waals surface area contributed by atoms with Crippen molar-refractivity contribution in [1.29, 1.82) is 0 Å². The van der Waals surface area contributed by atoms with E-state index in [1.807, 2.05) is 0 Å². The van der Waals surface area contributed by atoms with Crippen LogP contribution in [-0.2, 0) is 9.84 Å². The van der Waals surface area contributed by atoms with Crippen molar-refractivity contribution < 1.29 is 13.2 Å². The lowest BCUT2D eigenvalue weighted by atomic mass is 9.83. The van der Waals surface area contributed by atoms with Crippen LogP contribution in [0.25, 0.3) is 0 Å². The molecule has 0 fully saturated rings. The van der Waals surface area contributed by atoms with E-state index in [4.69, 9.17) is 4.74 Å². The molecule has 1 atom stereocenters. The third kappa shape index (κ3) is 4.49. The van der Waals surface area contributed by atoms with Gasteiger partial charge in [-0.05, 0) is 29.5 Å². The molecule has 1 aromatic carbocycles. The second kappa shape index (κ2) is 6.27. The van der Waals surface area contributed by atoms with Gasteiger partial charge in [-0.15, -0.1) is 0 Å². The molecule has 108 valence electrons. The Bertz CT molecular complexity index is 518. The van der Waals surface area contributed by atoms with E-state index in [0.29, 0.717) is 16.0 Å². The zero-order chi connectivity index (χ0) is 14.7. The summed E-state index contributed by atoms with van der Waals surface area (Å²) in [6.07, 6.45) is 0. The average Bonchev–Trinajstić information content (AvgIpc) is 2.34. The molecule has 0 aliphatic carbocycles. The molecule has 0 aliphatic heterocycles. The summed E-state index contributed by atoms with van der Waals surface area (Å²) < 4.78 is 30.0. The fourth-order valence-corrected chi connectivity index (χ4v) is 5.11. The maximum absolute atomic E-state index is 12.4. The smallest absolute Gasteiger partial charge is 0.178 e. The molecule has 1 rings (SSSR count). The summed E-state index contributed by atoms with van der Waals surface area (Å²) in [5, 5.41) is 0.666. The summed E-state index contributed by atoms with van der Waals surface area (Å²) in [5.41, 5.74) is -0.0601. The average molecular weight is 349 g/mol. The van der Waals surface area contributed by atoms with E-state index in [1.165, 1.54) is 7.11 Å². The number of halogens is 1. The Morgan fingerprint density at radius 3 is 2.42 bits per heavy atom. The normalized spacial score (nSPS) is 14.2. The lowest BCUT2D eigenvalue weighted by Gasteiger charge is -2.28. The maximum Gasteiger partial charge on any atom is 0.178 e. The van der Waals surface area contributed by atoms with Gasteiger partial charge in [-0.1, -0.05) is 42.8 Å². The summed E-state index contributed by atoms with van der Waals surface area (Å²) in [5.74, 6) is 0.755. The topological polar surface area (TPSA) is 43.4 Å².